The molecular weight excluding hydrogens is 172 g/mol. The first-order valence-electron chi connectivity index (χ1n) is 4.56. The molecule has 1 saturated carbocycles. The summed E-state index contributed by atoms with van der Waals surface area (Å²) < 4.78 is 0. The van der Waals surface area contributed by atoms with Crippen LogP contribution in [0.1, 0.15) is 45.4 Å². The maximum Gasteiger partial charge on any atom is 0.303 e. The Bertz CT molecular complexity index is 120. The molecule has 1 rings (SSSR count). The van der Waals surface area contributed by atoms with Gasteiger partial charge in [0.2, 0.25) is 0 Å². The van der Waals surface area contributed by atoms with Crippen LogP contribution >= 0.6 is 12.6 Å². The Labute approximate surface area is 79.8 Å². The van der Waals surface area contributed by atoms with Crippen molar-refractivity contribution in [2.24, 2.45) is 0 Å². The van der Waals surface area contributed by atoms with Crippen LogP contribution < -0.4 is 0 Å². The first kappa shape index (κ1) is 11.8. The maximum absolute atomic E-state index is 9.37. The van der Waals surface area contributed by atoms with Crippen LogP contribution in [-0.4, -0.2) is 16.3 Å². The molecule has 1 aliphatic rings. The molecular formula is C9H18O2S. The largest absolute Gasteiger partial charge is 0.481 e. The van der Waals surface area contributed by atoms with Crippen LogP contribution in [0.4, 0.5) is 0 Å². The minimum absolute atomic E-state index is 0.222. The quantitative estimate of drug-likeness (QED) is 0.624. The van der Waals surface area contributed by atoms with Crippen molar-refractivity contribution in [3.8, 4) is 0 Å². The number of hydrogen-bond donors (Lipinski definition) is 2. The fourth-order valence-electron chi connectivity index (χ4n) is 1.08. The zero-order valence-corrected chi connectivity index (χ0v) is 8.52. The lowest BCUT2D eigenvalue weighted by atomic mass is 10.0. The number of thiol groups is 1. The van der Waals surface area contributed by atoms with Gasteiger partial charge >= 0.3 is 5.97 Å². The molecule has 1 N–H and O–H groups in total. The van der Waals surface area contributed by atoms with Gasteiger partial charge in [0.25, 0.3) is 0 Å². The van der Waals surface area contributed by atoms with E-state index in [1.54, 1.807) is 6.92 Å². The first-order chi connectivity index (χ1) is 5.66. The normalized spacial score (nSPS) is 17.8. The van der Waals surface area contributed by atoms with Crippen molar-refractivity contribution in [3.05, 3.63) is 0 Å². The van der Waals surface area contributed by atoms with Gasteiger partial charge in [0, 0.05) is 11.7 Å². The summed E-state index contributed by atoms with van der Waals surface area (Å²) in [4.78, 5) is 9.37. The smallest absolute Gasteiger partial charge is 0.303 e. The van der Waals surface area contributed by atoms with Crippen LogP contribution in [0.5, 0.6) is 0 Å². The van der Waals surface area contributed by atoms with E-state index in [2.05, 4.69) is 12.6 Å². The van der Waals surface area contributed by atoms with Crippen LogP contribution in [0, 0.1) is 0 Å². The van der Waals surface area contributed by atoms with Gasteiger partial charge < -0.3 is 5.11 Å². The molecule has 72 valence electrons. The van der Waals surface area contributed by atoms with Crippen molar-refractivity contribution in [1.82, 2.24) is 0 Å². The Hall–Kier alpha value is -0.180. The van der Waals surface area contributed by atoms with E-state index >= 15 is 0 Å². The highest BCUT2D eigenvalue weighted by Crippen LogP contribution is 2.20. The molecule has 1 aliphatic carbocycles. The molecule has 1 fully saturated rings. The number of hydrogen-bond acceptors (Lipinski definition) is 2. The average molecular weight is 190 g/mol. The van der Waals surface area contributed by atoms with Gasteiger partial charge in [-0.3, -0.25) is 4.79 Å². The molecule has 2 nitrogen and oxygen atoms in total. The molecule has 0 spiro atoms. The van der Waals surface area contributed by atoms with Crippen molar-refractivity contribution in [3.63, 3.8) is 0 Å². The molecule has 0 bridgehead atoms. The fourth-order valence-corrected chi connectivity index (χ4v) is 1.45. The molecule has 12 heavy (non-hydrogen) atoms. The number of carboxylic acids is 1. The highest BCUT2D eigenvalue weighted by molar-refractivity contribution is 7.80. The van der Waals surface area contributed by atoms with Crippen LogP contribution in [0.15, 0.2) is 0 Å². The zero-order valence-electron chi connectivity index (χ0n) is 7.62. The van der Waals surface area contributed by atoms with Crippen LogP contribution in [0.2, 0.25) is 0 Å². The Kier molecular flexibility index (Phi) is 7.36. The summed E-state index contributed by atoms with van der Waals surface area (Å²) in [6, 6.07) is 0. The summed E-state index contributed by atoms with van der Waals surface area (Å²) in [6.45, 7) is 1.60. The van der Waals surface area contributed by atoms with Gasteiger partial charge in [-0.15, -0.1) is 0 Å². The Morgan fingerprint density at radius 2 is 1.83 bits per heavy atom. The predicted octanol–water partition coefficient (Wildman–Crippen LogP) is 2.73. The van der Waals surface area contributed by atoms with E-state index in [1.807, 2.05) is 0 Å². The van der Waals surface area contributed by atoms with Crippen molar-refractivity contribution in [2.75, 3.05) is 0 Å². The number of aliphatic carboxylic acids is 1. The Morgan fingerprint density at radius 1 is 1.42 bits per heavy atom. The minimum atomic E-state index is -0.745. The summed E-state index contributed by atoms with van der Waals surface area (Å²) in [5.74, 6) is -0.745. The minimum Gasteiger partial charge on any atom is -0.481 e. The van der Waals surface area contributed by atoms with Crippen molar-refractivity contribution < 1.29 is 9.90 Å². The maximum atomic E-state index is 9.37. The average Bonchev–Trinajstić information content (AvgIpc) is 2.07. The summed E-state index contributed by atoms with van der Waals surface area (Å²) in [5.41, 5.74) is 0. The third-order valence-corrected chi connectivity index (χ3v) is 2.39. The second-order valence-electron chi connectivity index (χ2n) is 3.04. The molecule has 0 radical (unpaired) electrons. The lowest BCUT2D eigenvalue weighted by Crippen LogP contribution is -2.03. The third kappa shape index (κ3) is 7.92. The number of carbonyl (C=O) groups is 1. The van der Waals surface area contributed by atoms with E-state index < -0.39 is 5.97 Å². The van der Waals surface area contributed by atoms with E-state index in [0.29, 0.717) is 0 Å². The fraction of sp³-hybridized carbons (Fsp3) is 0.889. The van der Waals surface area contributed by atoms with E-state index in [4.69, 9.17) is 5.11 Å². The summed E-state index contributed by atoms with van der Waals surface area (Å²) in [6.07, 6.45) is 7.19. The molecule has 0 aromatic heterocycles. The second kappa shape index (κ2) is 7.47. The number of rotatable bonds is 1. The summed E-state index contributed by atoms with van der Waals surface area (Å²) >= 11 is 4.36. The molecule has 0 saturated heterocycles. The molecule has 0 aromatic carbocycles. The topological polar surface area (TPSA) is 37.3 Å². The summed E-state index contributed by atoms with van der Waals surface area (Å²) in [5, 5.41) is 8.45. The molecule has 0 amide bonds. The van der Waals surface area contributed by atoms with Gasteiger partial charge in [-0.2, -0.15) is 12.6 Å². The van der Waals surface area contributed by atoms with Gasteiger partial charge in [0.15, 0.2) is 0 Å². The van der Waals surface area contributed by atoms with E-state index in [-0.39, 0.29) is 6.42 Å². The molecule has 0 atom stereocenters. The molecule has 0 unspecified atom stereocenters. The van der Waals surface area contributed by atoms with Crippen molar-refractivity contribution in [1.29, 1.82) is 0 Å². The highest BCUT2D eigenvalue weighted by Gasteiger charge is 2.06. The van der Waals surface area contributed by atoms with Crippen LogP contribution in [0.3, 0.4) is 0 Å². The Balaban J connectivity index is 0.000000217. The lowest BCUT2D eigenvalue weighted by molar-refractivity contribution is -0.136. The van der Waals surface area contributed by atoms with Gasteiger partial charge in [-0.05, 0) is 12.8 Å². The van der Waals surface area contributed by atoms with Gasteiger partial charge in [0.1, 0.15) is 0 Å². The van der Waals surface area contributed by atoms with E-state index in [1.165, 1.54) is 32.1 Å². The summed E-state index contributed by atoms with van der Waals surface area (Å²) in [7, 11) is 0. The highest BCUT2D eigenvalue weighted by atomic mass is 32.1. The van der Waals surface area contributed by atoms with Crippen molar-refractivity contribution in [2.45, 2.75) is 50.7 Å². The van der Waals surface area contributed by atoms with Gasteiger partial charge in [0.05, 0.1) is 0 Å². The first-order valence-corrected chi connectivity index (χ1v) is 5.08. The standard InChI is InChI=1S/C6H12S.C3H6O2/c7-6-4-2-1-3-5-6;1-2-3(4)5/h6-7H,1-5H2;2H2,1H3,(H,4,5). The van der Waals surface area contributed by atoms with Gasteiger partial charge in [-0.1, -0.05) is 26.2 Å². The molecule has 3 heteroatoms. The van der Waals surface area contributed by atoms with Gasteiger partial charge in [-0.25, -0.2) is 0 Å². The lowest BCUT2D eigenvalue weighted by Gasteiger charge is -2.14. The van der Waals surface area contributed by atoms with Crippen LogP contribution in [-0.2, 0) is 4.79 Å². The molecule has 0 aliphatic heterocycles. The van der Waals surface area contributed by atoms with E-state index in [0.717, 1.165) is 5.25 Å². The molecule has 0 aromatic rings. The third-order valence-electron chi connectivity index (χ3n) is 1.88. The van der Waals surface area contributed by atoms with E-state index in [9.17, 15) is 4.79 Å². The number of carboxylic acid groups (broad SMARTS) is 1. The Morgan fingerprint density at radius 3 is 2.00 bits per heavy atom. The monoisotopic (exact) mass is 190 g/mol. The second-order valence-corrected chi connectivity index (χ2v) is 3.77. The van der Waals surface area contributed by atoms with Crippen LogP contribution in [0.25, 0.3) is 0 Å². The zero-order chi connectivity index (χ0) is 9.40. The van der Waals surface area contributed by atoms with Crippen molar-refractivity contribution >= 4 is 18.6 Å². The molecule has 0 heterocycles. The SMILES string of the molecule is CCC(=O)O.SC1CCCCC1. The predicted molar refractivity (Wildman–Crippen MR) is 53.8 cm³/mol.